The Labute approximate surface area is 239 Å². The lowest BCUT2D eigenvalue weighted by molar-refractivity contribution is -0.118. The number of ether oxygens (including phenoxy) is 2. The van der Waals surface area contributed by atoms with Crippen molar-refractivity contribution in [3.8, 4) is 17.9 Å². The zero-order valence-electron chi connectivity index (χ0n) is 21.5. The van der Waals surface area contributed by atoms with Crippen LogP contribution in [0, 0.1) is 28.1 Å². The Hall–Kier alpha value is -3.11. The maximum absolute atomic E-state index is 13.6. The Balaban J connectivity index is 1.77. The van der Waals surface area contributed by atoms with Crippen LogP contribution in [0.4, 0.5) is 0 Å². The summed E-state index contributed by atoms with van der Waals surface area (Å²) in [6.07, 6.45) is 1.05. The number of hydrogen-bond donors (Lipinski definition) is 1. The van der Waals surface area contributed by atoms with Gasteiger partial charge in [0, 0.05) is 36.9 Å². The molecule has 2 aromatic carbocycles. The predicted molar refractivity (Wildman–Crippen MR) is 151 cm³/mol. The highest BCUT2D eigenvalue weighted by molar-refractivity contribution is 9.11. The van der Waals surface area contributed by atoms with Gasteiger partial charge in [0.2, 0.25) is 0 Å². The molecule has 0 saturated carbocycles. The van der Waals surface area contributed by atoms with Crippen molar-refractivity contribution in [3.05, 3.63) is 84.7 Å². The van der Waals surface area contributed by atoms with E-state index in [9.17, 15) is 15.3 Å². The maximum atomic E-state index is 13.6. The van der Waals surface area contributed by atoms with E-state index in [1.807, 2.05) is 35.2 Å². The second-order valence-corrected chi connectivity index (χ2v) is 11.9. The summed E-state index contributed by atoms with van der Waals surface area (Å²) in [6.45, 7) is 5.21. The molecular formula is C29H28Br2N4O3. The van der Waals surface area contributed by atoms with Crippen molar-refractivity contribution in [2.45, 2.75) is 39.2 Å². The van der Waals surface area contributed by atoms with Crippen LogP contribution in [-0.4, -0.2) is 30.9 Å². The molecule has 2 aliphatic rings. The van der Waals surface area contributed by atoms with Crippen LogP contribution in [0.1, 0.15) is 49.3 Å². The molecule has 7 nitrogen and oxygen atoms in total. The number of benzene rings is 2. The highest BCUT2D eigenvalue weighted by atomic mass is 79.9. The number of methoxy groups -OCH3 is 1. The first kappa shape index (κ1) is 27.9. The molecule has 1 aliphatic carbocycles. The SMILES string of the molecule is COCCN1C(N)=C(C#N)[C@H](c2cc(Br)c(OCc3ccccc3C#N)c(Br)c2)C2=C1CC(C)(C)CC2=O. The average Bonchev–Trinajstić information content (AvgIpc) is 2.86. The van der Waals surface area contributed by atoms with Crippen LogP contribution in [0.3, 0.4) is 0 Å². The quantitative estimate of drug-likeness (QED) is 0.393. The van der Waals surface area contributed by atoms with Crippen molar-refractivity contribution in [1.29, 1.82) is 10.5 Å². The van der Waals surface area contributed by atoms with Gasteiger partial charge in [0.15, 0.2) is 5.78 Å². The van der Waals surface area contributed by atoms with E-state index in [4.69, 9.17) is 15.2 Å². The summed E-state index contributed by atoms with van der Waals surface area (Å²) in [7, 11) is 1.61. The summed E-state index contributed by atoms with van der Waals surface area (Å²) in [5.41, 5.74) is 10.2. The van der Waals surface area contributed by atoms with Crippen molar-refractivity contribution in [3.63, 3.8) is 0 Å². The molecule has 1 heterocycles. The van der Waals surface area contributed by atoms with Crippen LogP contribution >= 0.6 is 31.9 Å². The monoisotopic (exact) mass is 638 g/mol. The van der Waals surface area contributed by atoms with Crippen molar-refractivity contribution in [2.24, 2.45) is 11.1 Å². The Kier molecular flexibility index (Phi) is 8.32. The van der Waals surface area contributed by atoms with E-state index in [-0.39, 0.29) is 17.8 Å². The fourth-order valence-corrected chi connectivity index (χ4v) is 6.59. The Bertz CT molecular complexity index is 1410. The van der Waals surface area contributed by atoms with Gasteiger partial charge < -0.3 is 20.1 Å². The standard InChI is InChI=1S/C29H28Br2N4O3/c1-29(2)12-23-26(24(36)13-29)25(20(15-33)28(34)35(23)8-9-37-3)19-10-21(30)27(22(31)11-19)38-16-18-7-5-4-6-17(18)14-32/h4-7,10-11,25H,8-9,12-13,16,34H2,1-3H3/t25-/m0/s1. The number of nitrogens with two attached hydrogens (primary N) is 1. The van der Waals surface area contributed by atoms with E-state index in [2.05, 4.69) is 57.8 Å². The molecule has 2 aromatic rings. The third-order valence-electron chi connectivity index (χ3n) is 6.87. The lowest BCUT2D eigenvalue weighted by Crippen LogP contribution is -2.43. The molecule has 0 spiro atoms. The van der Waals surface area contributed by atoms with Crippen LogP contribution in [-0.2, 0) is 16.1 Å². The fraction of sp³-hybridized carbons (Fsp3) is 0.345. The predicted octanol–water partition coefficient (Wildman–Crippen LogP) is 6.04. The zero-order chi connectivity index (χ0) is 27.6. The van der Waals surface area contributed by atoms with Crippen molar-refractivity contribution in [2.75, 3.05) is 20.3 Å². The summed E-state index contributed by atoms with van der Waals surface area (Å²) in [6, 6.07) is 15.5. The second kappa shape index (κ2) is 11.3. The summed E-state index contributed by atoms with van der Waals surface area (Å²) < 4.78 is 12.7. The second-order valence-electron chi connectivity index (χ2n) is 10.2. The number of halogens is 2. The maximum Gasteiger partial charge on any atom is 0.162 e. The van der Waals surface area contributed by atoms with E-state index in [0.29, 0.717) is 63.2 Å². The van der Waals surface area contributed by atoms with Gasteiger partial charge >= 0.3 is 0 Å². The van der Waals surface area contributed by atoms with E-state index >= 15 is 0 Å². The Morgan fingerprint density at radius 2 is 1.82 bits per heavy atom. The first-order valence-corrected chi connectivity index (χ1v) is 13.7. The highest BCUT2D eigenvalue weighted by Crippen LogP contribution is 2.50. The van der Waals surface area contributed by atoms with Gasteiger partial charge in [-0.15, -0.1) is 0 Å². The first-order valence-electron chi connectivity index (χ1n) is 12.1. The summed E-state index contributed by atoms with van der Waals surface area (Å²) in [5, 5.41) is 19.6. The molecule has 0 fully saturated rings. The van der Waals surface area contributed by atoms with Gasteiger partial charge in [-0.2, -0.15) is 10.5 Å². The average molecular weight is 640 g/mol. The number of nitrogens with zero attached hydrogens (tertiary/aromatic N) is 3. The molecule has 0 bridgehead atoms. The van der Waals surface area contributed by atoms with Gasteiger partial charge in [-0.25, -0.2) is 0 Å². The Morgan fingerprint density at radius 3 is 2.45 bits per heavy atom. The van der Waals surface area contributed by atoms with Crippen molar-refractivity contribution >= 4 is 37.6 Å². The van der Waals surface area contributed by atoms with Crippen LogP contribution < -0.4 is 10.5 Å². The van der Waals surface area contributed by atoms with Gasteiger partial charge in [-0.05, 0) is 67.5 Å². The fourth-order valence-electron chi connectivity index (χ4n) is 5.14. The van der Waals surface area contributed by atoms with Gasteiger partial charge in [-0.3, -0.25) is 4.79 Å². The molecule has 0 radical (unpaired) electrons. The molecule has 1 aliphatic heterocycles. The molecule has 1 atom stereocenters. The highest BCUT2D eigenvalue weighted by Gasteiger charge is 2.44. The minimum atomic E-state index is -0.599. The van der Waals surface area contributed by atoms with Crippen molar-refractivity contribution in [1.82, 2.24) is 4.90 Å². The van der Waals surface area contributed by atoms with E-state index in [0.717, 1.165) is 16.8 Å². The minimum Gasteiger partial charge on any atom is -0.486 e. The van der Waals surface area contributed by atoms with Gasteiger partial charge in [-0.1, -0.05) is 32.0 Å². The minimum absolute atomic E-state index is 0.0181. The third kappa shape index (κ3) is 5.37. The van der Waals surface area contributed by atoms with Gasteiger partial charge in [0.05, 0.1) is 44.7 Å². The summed E-state index contributed by atoms with van der Waals surface area (Å²) in [5.74, 6) is 0.322. The molecular weight excluding hydrogens is 612 g/mol. The number of carbonyl (C=O) groups is 1. The summed E-state index contributed by atoms with van der Waals surface area (Å²) >= 11 is 7.24. The van der Waals surface area contributed by atoms with Crippen LogP contribution in [0.15, 0.2) is 68.0 Å². The summed E-state index contributed by atoms with van der Waals surface area (Å²) in [4.78, 5) is 15.5. The zero-order valence-corrected chi connectivity index (χ0v) is 24.6. The molecule has 0 unspecified atom stereocenters. The molecule has 0 amide bonds. The third-order valence-corrected chi connectivity index (χ3v) is 8.05. The van der Waals surface area contributed by atoms with Crippen molar-refractivity contribution < 1.29 is 14.3 Å². The van der Waals surface area contributed by atoms with Gasteiger partial charge in [0.1, 0.15) is 18.2 Å². The lowest BCUT2D eigenvalue weighted by atomic mass is 9.68. The number of rotatable bonds is 7. The van der Waals surface area contributed by atoms with Crippen LogP contribution in [0.2, 0.25) is 0 Å². The van der Waals surface area contributed by atoms with E-state index < -0.39 is 5.92 Å². The number of allylic oxidation sites excluding steroid dienone is 3. The topological polar surface area (TPSA) is 112 Å². The number of carbonyl (C=O) groups excluding carboxylic acids is 1. The molecule has 38 heavy (non-hydrogen) atoms. The van der Waals surface area contributed by atoms with E-state index in [1.54, 1.807) is 13.2 Å². The normalized spacial score (nSPS) is 18.7. The molecule has 9 heteroatoms. The molecule has 4 rings (SSSR count). The number of ketones is 1. The van der Waals surface area contributed by atoms with Crippen LogP contribution in [0.25, 0.3) is 0 Å². The largest absolute Gasteiger partial charge is 0.486 e. The number of Topliss-reactive ketones (excluding diaryl/α,β-unsaturated/α-hetero) is 1. The Morgan fingerprint density at radius 1 is 1.13 bits per heavy atom. The molecule has 0 aromatic heterocycles. The number of hydrogen-bond acceptors (Lipinski definition) is 7. The van der Waals surface area contributed by atoms with E-state index in [1.165, 1.54) is 0 Å². The molecule has 196 valence electrons. The lowest BCUT2D eigenvalue weighted by Gasteiger charge is -2.43. The molecule has 0 saturated heterocycles. The molecule has 2 N–H and O–H groups in total. The van der Waals surface area contributed by atoms with Gasteiger partial charge in [0.25, 0.3) is 0 Å². The number of nitriles is 2. The van der Waals surface area contributed by atoms with Crippen LogP contribution in [0.5, 0.6) is 5.75 Å². The smallest absolute Gasteiger partial charge is 0.162 e. The first-order chi connectivity index (χ1) is 18.1.